The lowest BCUT2D eigenvalue weighted by molar-refractivity contribution is -0.189. The molecule has 8 heteroatoms. The molecule has 0 saturated heterocycles. The molecule has 1 unspecified atom stereocenters. The molecule has 156 valence electrons. The van der Waals surface area contributed by atoms with Gasteiger partial charge in [-0.15, -0.1) is 11.3 Å². The fourth-order valence-electron chi connectivity index (χ4n) is 3.55. The van der Waals surface area contributed by atoms with Crippen LogP contribution in [0.4, 0.5) is 13.2 Å². The van der Waals surface area contributed by atoms with E-state index in [2.05, 4.69) is 5.32 Å². The van der Waals surface area contributed by atoms with E-state index in [9.17, 15) is 22.8 Å². The Morgan fingerprint density at radius 3 is 2.38 bits per heavy atom. The number of nitrogens with zero attached hydrogens (tertiary/aromatic N) is 1. The maximum Gasteiger partial charge on any atom is 0.471 e. The first-order valence-corrected chi connectivity index (χ1v) is 10.4. The van der Waals surface area contributed by atoms with Crippen molar-refractivity contribution in [3.63, 3.8) is 0 Å². The van der Waals surface area contributed by atoms with Gasteiger partial charge in [0.05, 0.1) is 0 Å². The number of halogens is 3. The summed E-state index contributed by atoms with van der Waals surface area (Å²) in [4.78, 5) is 26.4. The van der Waals surface area contributed by atoms with E-state index < -0.39 is 24.0 Å². The zero-order chi connectivity index (χ0) is 21.0. The lowest BCUT2D eigenvalue weighted by atomic mass is 10.1. The second kappa shape index (κ2) is 8.98. The Labute approximate surface area is 171 Å². The first kappa shape index (κ1) is 21.4. The second-order valence-electron chi connectivity index (χ2n) is 7.32. The minimum absolute atomic E-state index is 0.0628. The molecule has 2 aromatic rings. The van der Waals surface area contributed by atoms with Crippen LogP contribution in [0.1, 0.15) is 47.7 Å². The molecule has 0 bridgehead atoms. The van der Waals surface area contributed by atoms with E-state index >= 15 is 0 Å². The zero-order valence-electron chi connectivity index (χ0n) is 16.0. The lowest BCUT2D eigenvalue weighted by Gasteiger charge is -2.32. The lowest BCUT2D eigenvalue weighted by Crippen LogP contribution is -2.49. The van der Waals surface area contributed by atoms with E-state index in [1.54, 1.807) is 41.8 Å². The van der Waals surface area contributed by atoms with Crippen LogP contribution in [0.3, 0.4) is 0 Å². The van der Waals surface area contributed by atoms with Gasteiger partial charge in [-0.05, 0) is 36.8 Å². The van der Waals surface area contributed by atoms with Crippen molar-refractivity contribution in [1.82, 2.24) is 10.2 Å². The number of thiophene rings is 1. The second-order valence-corrected chi connectivity index (χ2v) is 8.30. The molecular formula is C21H23F3N2O2S. The van der Waals surface area contributed by atoms with Gasteiger partial charge >= 0.3 is 12.1 Å². The molecule has 1 heterocycles. The highest BCUT2D eigenvalue weighted by atomic mass is 32.1. The number of rotatable bonds is 6. The molecule has 1 atom stereocenters. The van der Waals surface area contributed by atoms with Gasteiger partial charge in [0, 0.05) is 17.5 Å². The van der Waals surface area contributed by atoms with Crippen LogP contribution in [-0.2, 0) is 16.1 Å². The summed E-state index contributed by atoms with van der Waals surface area (Å²) in [5.41, 5.74) is 1.49. The third kappa shape index (κ3) is 5.38. The van der Waals surface area contributed by atoms with Gasteiger partial charge in [0.1, 0.15) is 6.04 Å². The Morgan fingerprint density at radius 2 is 1.83 bits per heavy atom. The van der Waals surface area contributed by atoms with E-state index in [-0.39, 0.29) is 12.6 Å². The Kier molecular flexibility index (Phi) is 6.62. The number of carbonyl (C=O) groups excluding carboxylic acids is 2. The molecule has 0 radical (unpaired) electrons. The predicted octanol–water partition coefficient (Wildman–Crippen LogP) is 4.75. The number of benzene rings is 1. The molecule has 1 aliphatic rings. The average Bonchev–Trinajstić information content (AvgIpc) is 3.36. The smallest absolute Gasteiger partial charge is 0.351 e. The normalized spacial score (nSPS) is 15.9. The third-order valence-corrected chi connectivity index (χ3v) is 5.98. The summed E-state index contributed by atoms with van der Waals surface area (Å²) in [5.74, 6) is -2.58. The van der Waals surface area contributed by atoms with Crippen molar-refractivity contribution in [2.24, 2.45) is 0 Å². The number of alkyl halides is 3. The maximum atomic E-state index is 13.4. The van der Waals surface area contributed by atoms with Crippen LogP contribution >= 0.6 is 11.3 Å². The number of nitrogens with one attached hydrogen (secondary N) is 1. The van der Waals surface area contributed by atoms with Gasteiger partial charge in [0.25, 0.3) is 0 Å². The summed E-state index contributed by atoms with van der Waals surface area (Å²) in [5, 5.41) is 4.54. The molecule has 1 N–H and O–H groups in total. The first-order valence-electron chi connectivity index (χ1n) is 9.53. The molecule has 1 aromatic heterocycles. The van der Waals surface area contributed by atoms with Crippen LogP contribution in [0.5, 0.6) is 0 Å². The van der Waals surface area contributed by atoms with Crippen molar-refractivity contribution < 1.29 is 22.8 Å². The van der Waals surface area contributed by atoms with E-state index in [4.69, 9.17) is 0 Å². The van der Waals surface area contributed by atoms with Gasteiger partial charge in [-0.3, -0.25) is 9.59 Å². The van der Waals surface area contributed by atoms with Crippen LogP contribution in [0.15, 0.2) is 41.8 Å². The number of amides is 2. The molecule has 1 aliphatic carbocycles. The number of hydrogen-bond donors (Lipinski definition) is 1. The zero-order valence-corrected chi connectivity index (χ0v) is 16.9. The van der Waals surface area contributed by atoms with Gasteiger partial charge in [0.2, 0.25) is 5.91 Å². The van der Waals surface area contributed by atoms with Crippen molar-refractivity contribution in [2.75, 3.05) is 0 Å². The fraction of sp³-hybridized carbons (Fsp3) is 0.429. The van der Waals surface area contributed by atoms with Crippen LogP contribution in [0.25, 0.3) is 0 Å². The van der Waals surface area contributed by atoms with E-state index in [1.165, 1.54) is 0 Å². The third-order valence-electron chi connectivity index (χ3n) is 5.05. The van der Waals surface area contributed by atoms with Gasteiger partial charge in [0.15, 0.2) is 0 Å². The minimum atomic E-state index is -5.08. The number of aryl methyl sites for hydroxylation is 1. The highest BCUT2D eigenvalue weighted by Gasteiger charge is 2.47. The van der Waals surface area contributed by atoms with Crippen molar-refractivity contribution in [2.45, 2.75) is 57.4 Å². The van der Waals surface area contributed by atoms with E-state index in [1.807, 2.05) is 6.92 Å². The summed E-state index contributed by atoms with van der Waals surface area (Å²) in [7, 11) is 0. The van der Waals surface area contributed by atoms with E-state index in [0.29, 0.717) is 15.3 Å². The summed E-state index contributed by atoms with van der Waals surface area (Å²) >= 11 is 1.16. The maximum absolute atomic E-state index is 13.4. The molecule has 4 nitrogen and oxygen atoms in total. The monoisotopic (exact) mass is 424 g/mol. The Balaban J connectivity index is 1.95. The topological polar surface area (TPSA) is 49.4 Å². The summed E-state index contributed by atoms with van der Waals surface area (Å²) in [6, 6.07) is 8.75. The van der Waals surface area contributed by atoms with Crippen molar-refractivity contribution >= 4 is 23.2 Å². The molecule has 1 saturated carbocycles. The van der Waals surface area contributed by atoms with Gasteiger partial charge in [-0.2, -0.15) is 13.2 Å². The first-order chi connectivity index (χ1) is 13.8. The molecule has 0 spiro atoms. The Hall–Kier alpha value is -2.35. The molecule has 29 heavy (non-hydrogen) atoms. The molecule has 2 amide bonds. The van der Waals surface area contributed by atoms with Crippen LogP contribution in [0.2, 0.25) is 0 Å². The van der Waals surface area contributed by atoms with Gasteiger partial charge in [-0.25, -0.2) is 0 Å². The van der Waals surface area contributed by atoms with Crippen LogP contribution in [0, 0.1) is 6.92 Å². The quantitative estimate of drug-likeness (QED) is 0.728. The molecule has 3 rings (SSSR count). The summed E-state index contributed by atoms with van der Waals surface area (Å²) < 4.78 is 40.3. The average molecular weight is 424 g/mol. The predicted molar refractivity (Wildman–Crippen MR) is 105 cm³/mol. The Morgan fingerprint density at radius 1 is 1.17 bits per heavy atom. The highest BCUT2D eigenvalue weighted by molar-refractivity contribution is 7.10. The van der Waals surface area contributed by atoms with E-state index in [0.717, 1.165) is 42.6 Å². The van der Waals surface area contributed by atoms with Crippen LogP contribution < -0.4 is 5.32 Å². The fourth-order valence-corrected chi connectivity index (χ4v) is 4.39. The standard InChI is InChI=1S/C21H23F3N2O2S/c1-14-8-10-15(11-9-14)13-26(20(28)21(22,23)24)18(17-7-4-12-29-17)19(27)25-16-5-2-3-6-16/h4,7-12,16,18H,2-3,5-6,13H2,1H3,(H,25,27). The molecular weight excluding hydrogens is 401 g/mol. The number of carbonyl (C=O) groups is 2. The van der Waals surface area contributed by atoms with Crippen molar-refractivity contribution in [3.8, 4) is 0 Å². The number of hydrogen-bond acceptors (Lipinski definition) is 3. The van der Waals surface area contributed by atoms with Gasteiger partial charge in [-0.1, -0.05) is 48.7 Å². The summed E-state index contributed by atoms with van der Waals surface area (Å²) in [6.45, 7) is 1.56. The van der Waals surface area contributed by atoms with Gasteiger partial charge < -0.3 is 10.2 Å². The van der Waals surface area contributed by atoms with Crippen LogP contribution in [-0.4, -0.2) is 28.9 Å². The molecule has 0 aliphatic heterocycles. The Bertz CT molecular complexity index is 829. The summed E-state index contributed by atoms with van der Waals surface area (Å²) in [6.07, 6.45) is -1.53. The van der Waals surface area contributed by atoms with Crippen molar-refractivity contribution in [3.05, 3.63) is 57.8 Å². The largest absolute Gasteiger partial charge is 0.471 e. The highest BCUT2D eigenvalue weighted by Crippen LogP contribution is 2.32. The molecule has 1 fully saturated rings. The minimum Gasteiger partial charge on any atom is -0.351 e. The van der Waals surface area contributed by atoms with Crippen molar-refractivity contribution in [1.29, 1.82) is 0 Å². The molecule has 1 aromatic carbocycles. The SMILES string of the molecule is Cc1ccc(CN(C(=O)C(F)(F)F)C(C(=O)NC2CCCC2)c2cccs2)cc1.